The second-order valence-electron chi connectivity index (χ2n) is 4.77. The molecule has 3 rings (SSSR count). The molecule has 4 heteroatoms. The molecule has 0 saturated carbocycles. The average molecular weight is 264 g/mol. The van der Waals surface area contributed by atoms with Crippen molar-refractivity contribution in [2.24, 2.45) is 0 Å². The highest BCUT2D eigenvalue weighted by atomic mass is 15.0. The van der Waals surface area contributed by atoms with E-state index in [1.807, 2.05) is 31.3 Å². The summed E-state index contributed by atoms with van der Waals surface area (Å²) in [4.78, 5) is 13.3. The van der Waals surface area contributed by atoms with Gasteiger partial charge < -0.3 is 5.73 Å². The quantitative estimate of drug-likeness (QED) is 0.772. The lowest BCUT2D eigenvalue weighted by Crippen LogP contribution is -2.04. The Balaban J connectivity index is 2.28. The topological polar surface area (TPSA) is 64.7 Å². The number of hydrogen-bond acceptors (Lipinski definition) is 4. The standard InChI is InChI=1S/C16H16N4/c1-3-14-10(2)15(17)20-16(19-14)13-9-18-8-11-6-4-5-7-12(11)13/h4-9H,3H2,1-2H3,(H2,17,19,20). The van der Waals surface area contributed by atoms with Gasteiger partial charge in [0.05, 0.1) is 0 Å². The first kappa shape index (κ1) is 12.5. The van der Waals surface area contributed by atoms with E-state index in [0.717, 1.165) is 34.0 Å². The Morgan fingerprint density at radius 3 is 2.70 bits per heavy atom. The van der Waals surface area contributed by atoms with Crippen LogP contribution in [0.25, 0.3) is 22.2 Å². The summed E-state index contributed by atoms with van der Waals surface area (Å²) in [6.45, 7) is 4.03. The molecule has 20 heavy (non-hydrogen) atoms. The molecule has 0 amide bonds. The largest absolute Gasteiger partial charge is 0.383 e. The summed E-state index contributed by atoms with van der Waals surface area (Å²) in [5.74, 6) is 1.19. The van der Waals surface area contributed by atoms with Crippen LogP contribution in [-0.2, 0) is 6.42 Å². The summed E-state index contributed by atoms with van der Waals surface area (Å²) in [5.41, 5.74) is 8.88. The van der Waals surface area contributed by atoms with Gasteiger partial charge in [-0.1, -0.05) is 31.2 Å². The molecule has 4 nitrogen and oxygen atoms in total. The van der Waals surface area contributed by atoms with E-state index >= 15 is 0 Å². The molecule has 0 atom stereocenters. The maximum Gasteiger partial charge on any atom is 0.163 e. The molecule has 0 unspecified atom stereocenters. The Morgan fingerprint density at radius 2 is 1.90 bits per heavy atom. The number of aryl methyl sites for hydroxylation is 1. The number of fused-ring (bicyclic) bond motifs is 1. The van der Waals surface area contributed by atoms with E-state index in [-0.39, 0.29) is 0 Å². The van der Waals surface area contributed by atoms with Crippen molar-refractivity contribution >= 4 is 16.6 Å². The van der Waals surface area contributed by atoms with E-state index in [1.165, 1.54) is 0 Å². The predicted octanol–water partition coefficient (Wildman–Crippen LogP) is 3.14. The minimum absolute atomic E-state index is 0.541. The molecule has 3 aromatic rings. The van der Waals surface area contributed by atoms with Gasteiger partial charge in [0.1, 0.15) is 5.82 Å². The average Bonchev–Trinajstić information content (AvgIpc) is 2.49. The third kappa shape index (κ3) is 1.99. The van der Waals surface area contributed by atoms with Crippen molar-refractivity contribution in [3.63, 3.8) is 0 Å². The first-order valence-corrected chi connectivity index (χ1v) is 6.66. The second-order valence-corrected chi connectivity index (χ2v) is 4.77. The van der Waals surface area contributed by atoms with Crippen LogP contribution in [0.15, 0.2) is 36.7 Å². The zero-order chi connectivity index (χ0) is 14.1. The summed E-state index contributed by atoms with van der Waals surface area (Å²) in [6, 6.07) is 8.08. The maximum absolute atomic E-state index is 6.01. The zero-order valence-corrected chi connectivity index (χ0v) is 11.6. The third-order valence-corrected chi connectivity index (χ3v) is 3.53. The fourth-order valence-corrected chi connectivity index (χ4v) is 2.34. The van der Waals surface area contributed by atoms with E-state index < -0.39 is 0 Å². The lowest BCUT2D eigenvalue weighted by atomic mass is 10.1. The second kappa shape index (κ2) is 4.89. The van der Waals surface area contributed by atoms with Crippen molar-refractivity contribution in [1.82, 2.24) is 15.0 Å². The molecule has 2 heterocycles. The number of nitrogens with two attached hydrogens (primary N) is 1. The SMILES string of the molecule is CCc1nc(-c2cncc3ccccc23)nc(N)c1C. The molecular formula is C16H16N4. The van der Waals surface area contributed by atoms with Crippen LogP contribution in [0.5, 0.6) is 0 Å². The molecule has 0 fully saturated rings. The molecule has 100 valence electrons. The van der Waals surface area contributed by atoms with Crippen LogP contribution in [0.4, 0.5) is 5.82 Å². The first-order valence-electron chi connectivity index (χ1n) is 6.66. The minimum Gasteiger partial charge on any atom is -0.383 e. The Labute approximate surface area is 117 Å². The van der Waals surface area contributed by atoms with Gasteiger partial charge in [0.25, 0.3) is 0 Å². The monoisotopic (exact) mass is 264 g/mol. The van der Waals surface area contributed by atoms with Crippen molar-refractivity contribution < 1.29 is 0 Å². The highest BCUT2D eigenvalue weighted by molar-refractivity contribution is 5.94. The van der Waals surface area contributed by atoms with Gasteiger partial charge in [-0.3, -0.25) is 4.98 Å². The molecule has 0 saturated heterocycles. The molecule has 0 aliphatic rings. The number of nitrogens with zero attached hydrogens (tertiary/aromatic N) is 3. The summed E-state index contributed by atoms with van der Waals surface area (Å²) in [6.07, 6.45) is 4.48. The lowest BCUT2D eigenvalue weighted by Gasteiger charge is -2.10. The molecule has 0 radical (unpaired) electrons. The summed E-state index contributed by atoms with van der Waals surface area (Å²) in [5, 5.41) is 2.17. The maximum atomic E-state index is 6.01. The Bertz CT molecular complexity index is 775. The molecule has 1 aromatic carbocycles. The van der Waals surface area contributed by atoms with Gasteiger partial charge in [-0.25, -0.2) is 9.97 Å². The molecule has 0 aliphatic carbocycles. The Morgan fingerprint density at radius 1 is 1.10 bits per heavy atom. The van der Waals surface area contributed by atoms with Crippen LogP contribution >= 0.6 is 0 Å². The molecule has 2 N–H and O–H groups in total. The van der Waals surface area contributed by atoms with Gasteiger partial charge in [-0.15, -0.1) is 0 Å². The summed E-state index contributed by atoms with van der Waals surface area (Å²) >= 11 is 0. The van der Waals surface area contributed by atoms with Gasteiger partial charge >= 0.3 is 0 Å². The van der Waals surface area contributed by atoms with E-state index in [9.17, 15) is 0 Å². The molecule has 0 aliphatic heterocycles. The summed E-state index contributed by atoms with van der Waals surface area (Å²) in [7, 11) is 0. The first-order chi connectivity index (χ1) is 9.70. The van der Waals surface area contributed by atoms with E-state index in [4.69, 9.17) is 5.73 Å². The van der Waals surface area contributed by atoms with Crippen LogP contribution in [0, 0.1) is 6.92 Å². The van der Waals surface area contributed by atoms with Crippen LogP contribution in [0.2, 0.25) is 0 Å². The number of anilines is 1. The van der Waals surface area contributed by atoms with Crippen LogP contribution < -0.4 is 5.73 Å². The van der Waals surface area contributed by atoms with Crippen molar-refractivity contribution in [2.45, 2.75) is 20.3 Å². The molecular weight excluding hydrogens is 248 g/mol. The highest BCUT2D eigenvalue weighted by Crippen LogP contribution is 2.26. The van der Waals surface area contributed by atoms with Crippen molar-refractivity contribution in [3.8, 4) is 11.4 Å². The van der Waals surface area contributed by atoms with Gasteiger partial charge in [0, 0.05) is 34.6 Å². The third-order valence-electron chi connectivity index (χ3n) is 3.53. The number of aromatic nitrogens is 3. The fourth-order valence-electron chi connectivity index (χ4n) is 2.34. The van der Waals surface area contributed by atoms with Gasteiger partial charge in [0.15, 0.2) is 5.82 Å². The zero-order valence-electron chi connectivity index (χ0n) is 11.6. The van der Waals surface area contributed by atoms with Crippen molar-refractivity contribution in [2.75, 3.05) is 5.73 Å². The van der Waals surface area contributed by atoms with Crippen LogP contribution in [0.3, 0.4) is 0 Å². The Hall–Kier alpha value is -2.49. The number of rotatable bonds is 2. The number of nitrogen functional groups attached to an aromatic ring is 1. The fraction of sp³-hybridized carbons (Fsp3) is 0.188. The lowest BCUT2D eigenvalue weighted by molar-refractivity contribution is 0.982. The number of pyridine rings is 1. The molecule has 2 aromatic heterocycles. The molecule has 0 spiro atoms. The van der Waals surface area contributed by atoms with Gasteiger partial charge in [-0.05, 0) is 18.7 Å². The van der Waals surface area contributed by atoms with Crippen molar-refractivity contribution in [3.05, 3.63) is 47.9 Å². The highest BCUT2D eigenvalue weighted by Gasteiger charge is 2.11. The number of benzene rings is 1. The van der Waals surface area contributed by atoms with Crippen molar-refractivity contribution in [1.29, 1.82) is 0 Å². The smallest absolute Gasteiger partial charge is 0.163 e. The normalized spacial score (nSPS) is 10.9. The van der Waals surface area contributed by atoms with Crippen LogP contribution in [-0.4, -0.2) is 15.0 Å². The summed E-state index contributed by atoms with van der Waals surface area (Å²) < 4.78 is 0. The van der Waals surface area contributed by atoms with E-state index in [0.29, 0.717) is 11.6 Å². The molecule has 0 bridgehead atoms. The number of hydrogen-bond donors (Lipinski definition) is 1. The van der Waals surface area contributed by atoms with E-state index in [1.54, 1.807) is 6.20 Å². The van der Waals surface area contributed by atoms with Gasteiger partial charge in [0.2, 0.25) is 0 Å². The predicted molar refractivity (Wildman–Crippen MR) is 81.3 cm³/mol. The van der Waals surface area contributed by atoms with Crippen LogP contribution in [0.1, 0.15) is 18.2 Å². The Kier molecular flexibility index (Phi) is 3.06. The van der Waals surface area contributed by atoms with Gasteiger partial charge in [-0.2, -0.15) is 0 Å². The van der Waals surface area contributed by atoms with E-state index in [2.05, 4.69) is 27.9 Å². The minimum atomic E-state index is 0.541.